The zero-order valence-corrected chi connectivity index (χ0v) is 64.0. The average molecular weight is 1720 g/mol. The van der Waals surface area contributed by atoms with Gasteiger partial charge in [0.1, 0.15) is 219 Å². The van der Waals surface area contributed by atoms with Gasteiger partial charge in [0.2, 0.25) is 35.4 Å². The molecule has 0 spiro atoms. The third kappa shape index (κ3) is 21.9. The van der Waals surface area contributed by atoms with Crippen molar-refractivity contribution in [2.24, 2.45) is 0 Å². The maximum Gasteiger partial charge on any atom is 0.217 e. The number of nitrogens with one attached hydrogen (secondary N) is 6. The van der Waals surface area contributed by atoms with Crippen molar-refractivity contribution in [1.29, 1.82) is 0 Å². The molecule has 118 heavy (non-hydrogen) atoms. The summed E-state index contributed by atoms with van der Waals surface area (Å²) in [5.74, 6) is -5.36. The second kappa shape index (κ2) is 42.7. The quantitative estimate of drug-likeness (QED) is 0.0306. The Bertz CT molecular complexity index is 3230. The number of aliphatic hydroxyl groups excluding tert-OH is 23. The maximum absolute atomic E-state index is 13.1. The molecule has 0 aliphatic carbocycles. The monoisotopic (exact) mass is 1720 g/mol. The highest BCUT2D eigenvalue weighted by Gasteiger charge is 2.62. The molecule has 9 aliphatic rings. The molecule has 45 atom stereocenters. The molecule has 9 saturated heterocycles. The number of hydrogen-bond acceptors (Lipinski definition) is 46. The zero-order valence-electron chi connectivity index (χ0n) is 64.0. The van der Waals surface area contributed by atoms with E-state index in [2.05, 4.69) is 31.9 Å². The van der Waals surface area contributed by atoms with E-state index in [9.17, 15) is 146 Å². The zero-order chi connectivity index (χ0) is 87.1. The lowest BCUT2D eigenvalue weighted by Crippen LogP contribution is -2.71. The van der Waals surface area contributed by atoms with Gasteiger partial charge in [0.25, 0.3) is 0 Å². The fourth-order valence-corrected chi connectivity index (χ4v) is 15.3. The molecular formula is C66H110N6O46. The van der Waals surface area contributed by atoms with Crippen LogP contribution in [0.1, 0.15) is 41.5 Å². The van der Waals surface area contributed by atoms with Crippen molar-refractivity contribution in [1.82, 2.24) is 31.9 Å². The van der Waals surface area contributed by atoms with E-state index in [1.54, 1.807) is 0 Å². The molecule has 9 fully saturated rings. The molecule has 6 amide bonds. The summed E-state index contributed by atoms with van der Waals surface area (Å²) >= 11 is 0. The van der Waals surface area contributed by atoms with E-state index in [0.29, 0.717) is 0 Å². The Morgan fingerprint density at radius 3 is 0.771 bits per heavy atom. The normalized spacial score (nSPS) is 46.9. The van der Waals surface area contributed by atoms with E-state index in [1.165, 1.54) is 0 Å². The third-order valence-corrected chi connectivity index (χ3v) is 21.2. The highest BCUT2D eigenvalue weighted by molar-refractivity contribution is 5.75. The van der Waals surface area contributed by atoms with Crippen molar-refractivity contribution < 1.29 is 227 Å². The first-order valence-electron chi connectivity index (χ1n) is 37.6. The van der Waals surface area contributed by atoms with Crippen molar-refractivity contribution in [3.8, 4) is 0 Å². The van der Waals surface area contributed by atoms with Gasteiger partial charge in [-0.05, 0) is 0 Å². The van der Waals surface area contributed by atoms with Gasteiger partial charge in [0.15, 0.2) is 56.6 Å². The Kier molecular flexibility index (Phi) is 35.1. The number of aliphatic hydroxyl groups is 23. The molecule has 52 nitrogen and oxygen atoms in total. The molecule has 29 N–H and O–H groups in total. The fraction of sp³-hybridized carbons (Fsp3) is 0.909. The Balaban J connectivity index is 1.14. The molecule has 52 heteroatoms. The predicted octanol–water partition coefficient (Wildman–Crippen LogP) is -19.8. The molecule has 0 radical (unpaired) electrons. The Labute approximate surface area is 669 Å². The van der Waals surface area contributed by atoms with Crippen molar-refractivity contribution in [2.45, 2.75) is 318 Å². The summed E-state index contributed by atoms with van der Waals surface area (Å²) < 4.78 is 103. The second-order valence-electron chi connectivity index (χ2n) is 29.6. The molecule has 0 saturated carbocycles. The Morgan fingerprint density at radius 2 is 0.449 bits per heavy atom. The highest BCUT2D eigenvalue weighted by Crippen LogP contribution is 2.41. The molecule has 9 rings (SSSR count). The number of ether oxygens (including phenoxy) is 17. The van der Waals surface area contributed by atoms with Crippen LogP contribution in [0.15, 0.2) is 0 Å². The van der Waals surface area contributed by atoms with Crippen molar-refractivity contribution >= 4 is 35.4 Å². The van der Waals surface area contributed by atoms with Crippen molar-refractivity contribution in [3.63, 3.8) is 0 Å². The van der Waals surface area contributed by atoms with Gasteiger partial charge < -0.3 is 230 Å². The van der Waals surface area contributed by atoms with Crippen LogP contribution in [-0.2, 0) is 109 Å². The summed E-state index contributed by atoms with van der Waals surface area (Å²) in [6, 6.07) is -11.0. The number of carbonyl (C=O) groups is 6. The maximum atomic E-state index is 13.1. The molecule has 9 heterocycles. The highest BCUT2D eigenvalue weighted by atomic mass is 16.8. The number of rotatable bonds is 31. The van der Waals surface area contributed by atoms with Crippen LogP contribution in [0.2, 0.25) is 0 Å². The lowest BCUT2D eigenvalue weighted by molar-refractivity contribution is -0.404. The van der Waals surface area contributed by atoms with Crippen molar-refractivity contribution in [3.05, 3.63) is 0 Å². The number of hydrogen-bond donors (Lipinski definition) is 29. The van der Waals surface area contributed by atoms with Crippen LogP contribution in [0, 0.1) is 0 Å². The van der Waals surface area contributed by atoms with Crippen LogP contribution in [0.3, 0.4) is 0 Å². The summed E-state index contributed by atoms with van der Waals surface area (Å²) in [5, 5.41) is 274. The topological polar surface area (TPSA) is 797 Å². The third-order valence-electron chi connectivity index (χ3n) is 21.2. The van der Waals surface area contributed by atoms with Gasteiger partial charge in [-0.3, -0.25) is 28.8 Å². The lowest BCUT2D eigenvalue weighted by atomic mass is 9.93. The van der Waals surface area contributed by atoms with Crippen LogP contribution in [0.25, 0.3) is 0 Å². The van der Waals surface area contributed by atoms with Gasteiger partial charge in [0.05, 0.1) is 59.5 Å². The predicted molar refractivity (Wildman–Crippen MR) is 367 cm³/mol. The van der Waals surface area contributed by atoms with Gasteiger partial charge >= 0.3 is 0 Å². The molecule has 0 aromatic heterocycles. The Hall–Kier alpha value is -4.78. The second-order valence-corrected chi connectivity index (χ2v) is 29.6. The van der Waals surface area contributed by atoms with Crippen LogP contribution in [0.4, 0.5) is 0 Å². The van der Waals surface area contributed by atoms with Crippen LogP contribution in [-0.4, -0.2) is 488 Å². The minimum Gasteiger partial charge on any atom is -0.394 e. The molecular weight excluding hydrogens is 1610 g/mol. The smallest absolute Gasteiger partial charge is 0.217 e. The first kappa shape index (κ1) is 97.0. The minimum atomic E-state index is -2.65. The van der Waals surface area contributed by atoms with E-state index in [0.717, 1.165) is 41.5 Å². The van der Waals surface area contributed by atoms with E-state index in [1.807, 2.05) is 0 Å². The summed E-state index contributed by atoms with van der Waals surface area (Å²) in [6.45, 7) is -4.44. The van der Waals surface area contributed by atoms with Crippen molar-refractivity contribution in [2.75, 3.05) is 59.5 Å². The van der Waals surface area contributed by atoms with Crippen LogP contribution in [0.5, 0.6) is 0 Å². The summed E-state index contributed by atoms with van der Waals surface area (Å²) in [6.07, 6.45) is -82.7. The summed E-state index contributed by atoms with van der Waals surface area (Å²) in [5.41, 5.74) is 0. The molecule has 680 valence electrons. The van der Waals surface area contributed by atoms with Gasteiger partial charge in [0, 0.05) is 41.5 Å². The molecule has 0 aromatic carbocycles. The van der Waals surface area contributed by atoms with Crippen LogP contribution >= 0.6 is 0 Å². The van der Waals surface area contributed by atoms with Gasteiger partial charge in [-0.15, -0.1) is 0 Å². The van der Waals surface area contributed by atoms with Gasteiger partial charge in [-0.2, -0.15) is 0 Å². The van der Waals surface area contributed by atoms with Gasteiger partial charge in [-0.25, -0.2) is 0 Å². The van der Waals surface area contributed by atoms with E-state index in [-0.39, 0.29) is 0 Å². The largest absolute Gasteiger partial charge is 0.394 e. The van der Waals surface area contributed by atoms with E-state index < -0.39 is 371 Å². The standard InChI is InChI=1S/C66H110N6O46/c1-16(81)67-31-46(96)51(26(11-77)103-58(31)101)112-63-36(72-21(6)86)47(97)52(27(12-78)108-63)115-64-50(100)55(116-66-57(118-62-35(71-20(5)85)45(95)40(90)25(10-76)107-62)49(99)54(29(14-80)110-66)114-60-33(69-18(3)83)43(93)38(88)23(8-74)105-60)41(91)30(111-64)15-102-65-56(117-61-34(70-19(4)84)44(94)39(89)24(9-75)106-61)48(98)53(28(13-79)109-65)113-59-32(68-17(2)82)42(92)37(87)22(7-73)104-59/h22-66,73-80,87-101H,7-15H2,1-6H3,(H,67,81)(H,68,82)(H,69,83)(H,70,84)(H,71,85)(H,72,86)/t22-,23-,24-,25-,26-,27-,28-,29-,30-,31-,32-,33-,34-,35-,36-,37-,38-,39-,40-,41-,42-,43-,44-,45-,46-,47-,48+,49+,50+,51-,52-,53-,54-,55+,56+,57+,58-,59+,60+,61+,62+,63+,64+,65+,66-/m1/s1. The SMILES string of the molecule is CC(=O)N[C@@H]1[C@@H](O)[C@H](O[C@@H]2O[C@H](CO)[C@@H](O[C@@H]3O[C@H](CO[C@H]4O[C@H](CO)[C@@H](O[C@@H]5O[C@H](CO)[C@@H](O)[C@H](O)[C@H]5NC(C)=O)[C@H](O)[C@@H]4O[C@@H]4O[C@H](CO)[C@@H](O)[C@H](O)[C@H]4NC(C)=O)[C@@H](O)[C@H](O[C@H]4O[C@H](CO)[C@@H](O[C@@H]5O[C@H](CO)[C@@H](O)[C@H](O)[C@H]5NC(C)=O)[C@H](O)[C@@H]4O[C@@H]4O[C@H](CO)[C@@H](O)[C@H](O)[C@H]4NC(C)=O)[C@@H]3O)[C@H](O)[C@H]2NC(C)=O)[C@@H](CO)O[C@H]1O. The minimum absolute atomic E-state index is 0.801. The fourth-order valence-electron chi connectivity index (χ4n) is 15.3. The van der Waals surface area contributed by atoms with E-state index >= 15 is 0 Å². The molecule has 0 unspecified atom stereocenters. The first-order chi connectivity index (χ1) is 55.8. The van der Waals surface area contributed by atoms with Gasteiger partial charge in [-0.1, -0.05) is 0 Å². The Morgan fingerprint density at radius 1 is 0.220 bits per heavy atom. The molecule has 0 bridgehead atoms. The van der Waals surface area contributed by atoms with Crippen LogP contribution < -0.4 is 31.9 Å². The number of amides is 6. The first-order valence-corrected chi connectivity index (χ1v) is 37.6. The lowest BCUT2D eigenvalue weighted by Gasteiger charge is -2.52. The summed E-state index contributed by atoms with van der Waals surface area (Å²) in [7, 11) is 0. The number of carbonyl (C=O) groups excluding carboxylic acids is 6. The van der Waals surface area contributed by atoms with E-state index in [4.69, 9.17) is 80.5 Å². The average Bonchev–Trinajstić information content (AvgIpc) is 0.760. The molecule has 0 aromatic rings. The molecule has 9 aliphatic heterocycles. The summed E-state index contributed by atoms with van der Waals surface area (Å²) in [4.78, 5) is 76.1.